The van der Waals surface area contributed by atoms with E-state index in [0.717, 1.165) is 35.6 Å². The van der Waals surface area contributed by atoms with Crippen LogP contribution in [0.25, 0.3) is 0 Å². The van der Waals surface area contributed by atoms with Crippen molar-refractivity contribution in [2.24, 2.45) is 0 Å². The maximum Gasteiger partial charge on any atom is 0.275 e. The number of amides is 1. The van der Waals surface area contributed by atoms with Crippen LogP contribution >= 0.6 is 0 Å². The van der Waals surface area contributed by atoms with Crippen molar-refractivity contribution in [3.05, 3.63) is 71.7 Å². The van der Waals surface area contributed by atoms with Gasteiger partial charge in [0, 0.05) is 30.2 Å². The van der Waals surface area contributed by atoms with Gasteiger partial charge in [0.05, 0.1) is 12.4 Å². The van der Waals surface area contributed by atoms with Gasteiger partial charge < -0.3 is 15.5 Å². The average molecular weight is 390 g/mol. The molecule has 3 aromatic rings. The number of rotatable bonds is 7. The van der Waals surface area contributed by atoms with E-state index in [1.807, 2.05) is 37.3 Å². The van der Waals surface area contributed by atoms with E-state index in [1.54, 1.807) is 6.20 Å². The van der Waals surface area contributed by atoms with Crippen LogP contribution in [0.4, 0.5) is 22.9 Å². The zero-order valence-electron chi connectivity index (χ0n) is 17.4. The SMILES string of the molecule is CCN(CC)c1ccc(Nc2cnc(C(=O)Nc3cccc(C)c3)cn2)c(C)c1. The third kappa shape index (κ3) is 5.10. The molecule has 6 heteroatoms. The van der Waals surface area contributed by atoms with E-state index in [4.69, 9.17) is 0 Å². The van der Waals surface area contributed by atoms with Crippen LogP contribution < -0.4 is 15.5 Å². The smallest absolute Gasteiger partial charge is 0.275 e. The highest BCUT2D eigenvalue weighted by molar-refractivity contribution is 6.02. The van der Waals surface area contributed by atoms with Crippen molar-refractivity contribution < 1.29 is 4.79 Å². The lowest BCUT2D eigenvalue weighted by molar-refractivity contribution is 0.102. The highest BCUT2D eigenvalue weighted by atomic mass is 16.1. The van der Waals surface area contributed by atoms with Crippen LogP contribution in [0, 0.1) is 13.8 Å². The van der Waals surface area contributed by atoms with Crippen molar-refractivity contribution in [2.75, 3.05) is 28.6 Å². The van der Waals surface area contributed by atoms with Crippen molar-refractivity contribution in [3.63, 3.8) is 0 Å². The Morgan fingerprint density at radius 3 is 2.41 bits per heavy atom. The molecule has 2 N–H and O–H groups in total. The van der Waals surface area contributed by atoms with Crippen LogP contribution in [0.3, 0.4) is 0 Å². The van der Waals surface area contributed by atoms with Gasteiger partial charge in [0.2, 0.25) is 0 Å². The molecule has 1 heterocycles. The first-order valence-electron chi connectivity index (χ1n) is 9.82. The molecule has 0 aliphatic rings. The molecule has 150 valence electrons. The van der Waals surface area contributed by atoms with E-state index in [9.17, 15) is 4.79 Å². The predicted molar refractivity (Wildman–Crippen MR) is 119 cm³/mol. The summed E-state index contributed by atoms with van der Waals surface area (Å²) in [6, 6.07) is 13.9. The number of hydrogen-bond acceptors (Lipinski definition) is 5. The minimum Gasteiger partial charge on any atom is -0.372 e. The molecule has 0 saturated heterocycles. The van der Waals surface area contributed by atoms with Gasteiger partial charge in [0.25, 0.3) is 5.91 Å². The van der Waals surface area contributed by atoms with E-state index in [1.165, 1.54) is 11.9 Å². The fourth-order valence-electron chi connectivity index (χ4n) is 3.14. The van der Waals surface area contributed by atoms with Crippen molar-refractivity contribution in [3.8, 4) is 0 Å². The molecule has 2 aromatic carbocycles. The van der Waals surface area contributed by atoms with Gasteiger partial charge in [-0.2, -0.15) is 0 Å². The molecule has 0 saturated carbocycles. The molecule has 0 bridgehead atoms. The van der Waals surface area contributed by atoms with Crippen molar-refractivity contribution in [1.82, 2.24) is 9.97 Å². The molecule has 0 aliphatic carbocycles. The maximum absolute atomic E-state index is 12.4. The highest BCUT2D eigenvalue weighted by Crippen LogP contribution is 2.24. The Bertz CT molecular complexity index is 981. The van der Waals surface area contributed by atoms with Gasteiger partial charge in [-0.15, -0.1) is 0 Å². The van der Waals surface area contributed by atoms with Crippen molar-refractivity contribution >= 4 is 28.8 Å². The summed E-state index contributed by atoms with van der Waals surface area (Å²) < 4.78 is 0. The fourth-order valence-corrected chi connectivity index (χ4v) is 3.14. The summed E-state index contributed by atoms with van der Waals surface area (Å²) in [7, 11) is 0. The molecule has 29 heavy (non-hydrogen) atoms. The van der Waals surface area contributed by atoms with Crippen molar-refractivity contribution in [2.45, 2.75) is 27.7 Å². The predicted octanol–water partition coefficient (Wildman–Crippen LogP) is 4.94. The molecule has 0 unspecified atom stereocenters. The highest BCUT2D eigenvalue weighted by Gasteiger charge is 2.10. The second-order valence-corrected chi connectivity index (χ2v) is 6.91. The van der Waals surface area contributed by atoms with Crippen LogP contribution in [-0.2, 0) is 0 Å². The Morgan fingerprint density at radius 1 is 1.00 bits per heavy atom. The molecule has 3 rings (SSSR count). The quantitative estimate of drug-likeness (QED) is 0.599. The summed E-state index contributed by atoms with van der Waals surface area (Å²) in [6.07, 6.45) is 3.05. The normalized spacial score (nSPS) is 10.5. The standard InChI is InChI=1S/C23H27N5O/c1-5-28(6-2)19-10-11-20(17(4)13-19)27-22-15-24-21(14-25-22)23(29)26-18-9-7-8-16(3)12-18/h7-15H,5-6H2,1-4H3,(H,25,27)(H,26,29). The Kier molecular flexibility index (Phi) is 6.44. The second kappa shape index (κ2) is 9.19. The summed E-state index contributed by atoms with van der Waals surface area (Å²) in [4.78, 5) is 23.3. The fraction of sp³-hybridized carbons (Fsp3) is 0.261. The van der Waals surface area contributed by atoms with Gasteiger partial charge >= 0.3 is 0 Å². The van der Waals surface area contributed by atoms with Gasteiger partial charge in [-0.05, 0) is 69.2 Å². The molecule has 0 fully saturated rings. The van der Waals surface area contributed by atoms with Crippen LogP contribution in [0.15, 0.2) is 54.9 Å². The average Bonchev–Trinajstić information content (AvgIpc) is 2.71. The van der Waals surface area contributed by atoms with E-state index in [0.29, 0.717) is 5.82 Å². The first-order chi connectivity index (χ1) is 14.0. The number of hydrogen-bond donors (Lipinski definition) is 2. The van der Waals surface area contributed by atoms with Crippen LogP contribution in [0.5, 0.6) is 0 Å². The first-order valence-corrected chi connectivity index (χ1v) is 9.82. The Morgan fingerprint density at radius 2 is 1.79 bits per heavy atom. The van der Waals surface area contributed by atoms with Crippen LogP contribution in [-0.4, -0.2) is 29.0 Å². The molecule has 1 amide bonds. The van der Waals surface area contributed by atoms with Crippen molar-refractivity contribution in [1.29, 1.82) is 0 Å². The van der Waals surface area contributed by atoms with E-state index >= 15 is 0 Å². The lowest BCUT2D eigenvalue weighted by Gasteiger charge is -2.22. The van der Waals surface area contributed by atoms with Gasteiger partial charge in [-0.25, -0.2) is 9.97 Å². The zero-order valence-corrected chi connectivity index (χ0v) is 17.4. The molecule has 0 radical (unpaired) electrons. The van der Waals surface area contributed by atoms with Gasteiger partial charge in [0.1, 0.15) is 11.5 Å². The number of carbonyl (C=O) groups excluding carboxylic acids is 1. The molecule has 1 aromatic heterocycles. The number of aryl methyl sites for hydroxylation is 2. The summed E-state index contributed by atoms with van der Waals surface area (Å²) >= 11 is 0. The topological polar surface area (TPSA) is 70.2 Å². The number of aromatic nitrogens is 2. The third-order valence-electron chi connectivity index (χ3n) is 4.76. The molecule has 0 aliphatic heterocycles. The number of nitrogens with zero attached hydrogens (tertiary/aromatic N) is 3. The minimum atomic E-state index is -0.283. The van der Waals surface area contributed by atoms with E-state index < -0.39 is 0 Å². The Labute approximate surface area is 172 Å². The second-order valence-electron chi connectivity index (χ2n) is 6.91. The summed E-state index contributed by atoms with van der Waals surface area (Å²) in [6.45, 7) is 10.3. The minimum absolute atomic E-state index is 0.269. The Hall–Kier alpha value is -3.41. The lowest BCUT2D eigenvalue weighted by Crippen LogP contribution is -2.21. The lowest BCUT2D eigenvalue weighted by atomic mass is 10.1. The number of benzene rings is 2. The van der Waals surface area contributed by atoms with Gasteiger partial charge in [-0.1, -0.05) is 12.1 Å². The molecule has 0 atom stereocenters. The Balaban J connectivity index is 1.68. The zero-order chi connectivity index (χ0) is 20.8. The molecule has 6 nitrogen and oxygen atoms in total. The third-order valence-corrected chi connectivity index (χ3v) is 4.76. The first kappa shape index (κ1) is 20.3. The largest absolute Gasteiger partial charge is 0.372 e. The summed E-state index contributed by atoms with van der Waals surface area (Å²) in [5, 5.41) is 6.11. The van der Waals surface area contributed by atoms with E-state index in [2.05, 4.69) is 58.4 Å². The van der Waals surface area contributed by atoms with Gasteiger partial charge in [0.15, 0.2) is 0 Å². The molecular formula is C23H27N5O. The monoisotopic (exact) mass is 389 g/mol. The van der Waals surface area contributed by atoms with E-state index in [-0.39, 0.29) is 11.6 Å². The molecule has 0 spiro atoms. The molecular weight excluding hydrogens is 362 g/mol. The van der Waals surface area contributed by atoms with Crippen LogP contribution in [0.2, 0.25) is 0 Å². The summed E-state index contributed by atoms with van der Waals surface area (Å²) in [5.74, 6) is 0.310. The number of carbonyl (C=O) groups is 1. The number of anilines is 4. The van der Waals surface area contributed by atoms with Crippen LogP contribution in [0.1, 0.15) is 35.5 Å². The van der Waals surface area contributed by atoms with Gasteiger partial charge in [-0.3, -0.25) is 4.79 Å². The maximum atomic E-state index is 12.4. The summed E-state index contributed by atoms with van der Waals surface area (Å²) in [5.41, 5.74) is 5.38. The number of nitrogens with one attached hydrogen (secondary N) is 2.